The molecule has 0 aliphatic heterocycles. The van der Waals surface area contributed by atoms with Crippen molar-refractivity contribution in [3.63, 3.8) is 0 Å². The summed E-state index contributed by atoms with van der Waals surface area (Å²) in [6, 6.07) is 6.43. The minimum Gasteiger partial charge on any atom is -0.195 e. The van der Waals surface area contributed by atoms with Crippen LogP contribution in [0.25, 0.3) is 0 Å². The van der Waals surface area contributed by atoms with Crippen LogP contribution in [0.5, 0.6) is 0 Å². The quantitative estimate of drug-likeness (QED) is 0.647. The third-order valence-electron chi connectivity index (χ3n) is 2.07. The number of aryl methyl sites for hydroxylation is 2. The van der Waals surface area contributed by atoms with Gasteiger partial charge in [-0.2, -0.15) is 5.26 Å². The van der Waals surface area contributed by atoms with E-state index < -0.39 is 6.04 Å². The van der Waals surface area contributed by atoms with Gasteiger partial charge in [-0.1, -0.05) is 18.2 Å². The molecule has 66 valence electrons. The number of rotatable bonds is 2. The van der Waals surface area contributed by atoms with Crippen LogP contribution in [0.4, 0.5) is 0 Å². The highest BCUT2D eigenvalue weighted by Gasteiger charge is 2.10. The Morgan fingerprint density at radius 1 is 1.38 bits per heavy atom. The molecule has 0 aromatic heterocycles. The summed E-state index contributed by atoms with van der Waals surface area (Å²) in [6.45, 7) is 3.92. The maximum Gasteiger partial charge on any atom is 0.203 e. The van der Waals surface area contributed by atoms with E-state index in [9.17, 15) is 4.91 Å². The number of nitrogens with zero attached hydrogens (tertiary/aromatic N) is 2. The summed E-state index contributed by atoms with van der Waals surface area (Å²) in [6.07, 6.45) is 0. The van der Waals surface area contributed by atoms with Crippen LogP contribution in [-0.4, -0.2) is 0 Å². The molecule has 3 nitrogen and oxygen atoms in total. The average Bonchev–Trinajstić information content (AvgIpc) is 2.13. The lowest BCUT2D eigenvalue weighted by atomic mass is 10.0. The molecule has 0 fully saturated rings. The van der Waals surface area contributed by atoms with Crippen LogP contribution in [-0.2, 0) is 0 Å². The molecule has 0 amide bonds. The first-order valence-corrected chi connectivity index (χ1v) is 3.98. The predicted molar refractivity (Wildman–Crippen MR) is 50.1 cm³/mol. The monoisotopic (exact) mass is 174 g/mol. The lowest BCUT2D eigenvalue weighted by Crippen LogP contribution is -1.92. The first-order chi connectivity index (χ1) is 6.19. The Kier molecular flexibility index (Phi) is 2.76. The van der Waals surface area contributed by atoms with Gasteiger partial charge in [-0.05, 0) is 35.7 Å². The Labute approximate surface area is 77.0 Å². The summed E-state index contributed by atoms with van der Waals surface area (Å²) < 4.78 is 0. The van der Waals surface area contributed by atoms with Crippen molar-refractivity contribution in [2.24, 2.45) is 5.18 Å². The zero-order valence-electron chi connectivity index (χ0n) is 7.61. The van der Waals surface area contributed by atoms with E-state index in [4.69, 9.17) is 5.26 Å². The van der Waals surface area contributed by atoms with E-state index in [1.165, 1.54) is 0 Å². The molecule has 13 heavy (non-hydrogen) atoms. The molecular formula is C10H10N2O. The Bertz CT molecular complexity index is 366. The van der Waals surface area contributed by atoms with E-state index in [1.54, 1.807) is 6.07 Å². The smallest absolute Gasteiger partial charge is 0.195 e. The van der Waals surface area contributed by atoms with Crippen LogP contribution < -0.4 is 0 Å². The number of benzene rings is 1. The standard InChI is InChI=1S/C10H10N2O/c1-7-3-4-9(5-8(7)2)10(6-11)12-13/h3-5,10H,1-2H3. The molecule has 1 aromatic carbocycles. The highest BCUT2D eigenvalue weighted by Crippen LogP contribution is 2.19. The maximum absolute atomic E-state index is 10.3. The number of nitriles is 1. The largest absolute Gasteiger partial charge is 0.203 e. The van der Waals surface area contributed by atoms with Crippen molar-refractivity contribution < 1.29 is 0 Å². The lowest BCUT2D eigenvalue weighted by molar-refractivity contribution is 0.913. The van der Waals surface area contributed by atoms with Crippen molar-refractivity contribution in [2.75, 3.05) is 0 Å². The van der Waals surface area contributed by atoms with Gasteiger partial charge in [-0.25, -0.2) is 0 Å². The molecule has 1 unspecified atom stereocenters. The van der Waals surface area contributed by atoms with Gasteiger partial charge in [0, 0.05) is 0 Å². The van der Waals surface area contributed by atoms with Gasteiger partial charge >= 0.3 is 0 Å². The van der Waals surface area contributed by atoms with Gasteiger partial charge in [0.1, 0.15) is 0 Å². The first-order valence-electron chi connectivity index (χ1n) is 3.98. The van der Waals surface area contributed by atoms with Gasteiger partial charge in [-0.15, -0.1) is 4.91 Å². The molecular weight excluding hydrogens is 164 g/mol. The van der Waals surface area contributed by atoms with E-state index in [2.05, 4.69) is 5.18 Å². The van der Waals surface area contributed by atoms with Gasteiger partial charge in [0.15, 0.2) is 0 Å². The zero-order valence-corrected chi connectivity index (χ0v) is 7.61. The van der Waals surface area contributed by atoms with Crippen LogP contribution in [0.2, 0.25) is 0 Å². The minimum atomic E-state index is -0.876. The molecule has 0 heterocycles. The van der Waals surface area contributed by atoms with E-state index in [0.717, 1.165) is 11.1 Å². The molecule has 1 rings (SSSR count). The van der Waals surface area contributed by atoms with Crippen LogP contribution >= 0.6 is 0 Å². The van der Waals surface area contributed by atoms with Crippen molar-refractivity contribution >= 4 is 0 Å². The van der Waals surface area contributed by atoms with Crippen molar-refractivity contribution in [1.29, 1.82) is 5.26 Å². The van der Waals surface area contributed by atoms with Crippen LogP contribution in [0, 0.1) is 30.1 Å². The Morgan fingerprint density at radius 2 is 2.08 bits per heavy atom. The topological polar surface area (TPSA) is 53.2 Å². The van der Waals surface area contributed by atoms with Crippen LogP contribution in [0.1, 0.15) is 22.7 Å². The summed E-state index contributed by atoms with van der Waals surface area (Å²) in [5, 5.41) is 11.3. The molecule has 1 aromatic rings. The summed E-state index contributed by atoms with van der Waals surface area (Å²) in [4.78, 5) is 10.3. The molecule has 0 spiro atoms. The van der Waals surface area contributed by atoms with Crippen molar-refractivity contribution in [3.8, 4) is 6.07 Å². The molecule has 3 heteroatoms. The van der Waals surface area contributed by atoms with Crippen molar-refractivity contribution in [3.05, 3.63) is 39.8 Å². The highest BCUT2D eigenvalue weighted by atomic mass is 16.3. The highest BCUT2D eigenvalue weighted by molar-refractivity contribution is 5.33. The number of nitroso groups, excluding NO2 is 1. The Balaban J connectivity index is 3.11. The zero-order chi connectivity index (χ0) is 9.84. The fraction of sp³-hybridized carbons (Fsp3) is 0.300. The Hall–Kier alpha value is -1.69. The third-order valence-corrected chi connectivity index (χ3v) is 2.07. The second kappa shape index (κ2) is 3.81. The molecule has 0 radical (unpaired) electrons. The molecule has 0 N–H and O–H groups in total. The van der Waals surface area contributed by atoms with E-state index >= 15 is 0 Å². The fourth-order valence-corrected chi connectivity index (χ4v) is 1.09. The number of hydrogen-bond donors (Lipinski definition) is 0. The van der Waals surface area contributed by atoms with E-state index in [0.29, 0.717) is 5.56 Å². The summed E-state index contributed by atoms with van der Waals surface area (Å²) in [5.41, 5.74) is 2.88. The van der Waals surface area contributed by atoms with Gasteiger partial charge in [0.2, 0.25) is 6.04 Å². The van der Waals surface area contributed by atoms with Crippen LogP contribution in [0.3, 0.4) is 0 Å². The average molecular weight is 174 g/mol. The van der Waals surface area contributed by atoms with Gasteiger partial charge in [-0.3, -0.25) is 0 Å². The lowest BCUT2D eigenvalue weighted by Gasteiger charge is -2.04. The van der Waals surface area contributed by atoms with Crippen molar-refractivity contribution in [1.82, 2.24) is 0 Å². The molecule has 0 saturated carbocycles. The SMILES string of the molecule is Cc1ccc(C(C#N)N=O)cc1C. The van der Waals surface area contributed by atoms with E-state index in [1.807, 2.05) is 32.0 Å². The van der Waals surface area contributed by atoms with E-state index in [-0.39, 0.29) is 0 Å². The second-order valence-corrected chi connectivity index (χ2v) is 2.98. The van der Waals surface area contributed by atoms with Crippen molar-refractivity contribution in [2.45, 2.75) is 19.9 Å². The third kappa shape index (κ3) is 1.91. The summed E-state index contributed by atoms with van der Waals surface area (Å²) in [7, 11) is 0. The minimum absolute atomic E-state index is 0.667. The number of hydrogen-bond acceptors (Lipinski definition) is 3. The molecule has 0 saturated heterocycles. The van der Waals surface area contributed by atoms with Gasteiger partial charge < -0.3 is 0 Å². The predicted octanol–water partition coefficient (Wildman–Crippen LogP) is 2.63. The Morgan fingerprint density at radius 3 is 2.54 bits per heavy atom. The maximum atomic E-state index is 10.3. The molecule has 1 atom stereocenters. The molecule has 0 aliphatic rings. The normalized spacial score (nSPS) is 11.8. The van der Waals surface area contributed by atoms with Gasteiger partial charge in [0.25, 0.3) is 0 Å². The summed E-state index contributed by atoms with van der Waals surface area (Å²) in [5.74, 6) is 0. The first kappa shape index (κ1) is 9.40. The molecule has 0 bridgehead atoms. The second-order valence-electron chi connectivity index (χ2n) is 2.98. The summed E-state index contributed by atoms with van der Waals surface area (Å²) >= 11 is 0. The van der Waals surface area contributed by atoms with Crippen LogP contribution in [0.15, 0.2) is 23.4 Å². The van der Waals surface area contributed by atoms with Gasteiger partial charge in [0.05, 0.1) is 6.07 Å². The molecule has 0 aliphatic carbocycles. The fourth-order valence-electron chi connectivity index (χ4n) is 1.09.